The van der Waals surface area contributed by atoms with Crippen LogP contribution in [-0.4, -0.2) is 65.3 Å². The third-order valence-corrected chi connectivity index (χ3v) is 12.6. The molecule has 0 unspecified atom stereocenters. The molecule has 2 aliphatic heterocycles. The number of fused-ring (bicyclic) bond motifs is 1. The van der Waals surface area contributed by atoms with Crippen LogP contribution >= 0.6 is 0 Å². The Kier molecular flexibility index (Phi) is 11.1. The van der Waals surface area contributed by atoms with E-state index in [4.69, 9.17) is 14.0 Å². The molecule has 0 radical (unpaired) electrons. The summed E-state index contributed by atoms with van der Waals surface area (Å²) in [6, 6.07) is 8.37. The second kappa shape index (κ2) is 15.5. The van der Waals surface area contributed by atoms with Crippen LogP contribution in [-0.2, 0) is 37.1 Å². The number of aromatic nitrogens is 2. The van der Waals surface area contributed by atoms with Gasteiger partial charge >= 0.3 is 25.3 Å². The molecule has 5 aliphatic rings. The minimum atomic E-state index is -4.60. The largest absolute Gasteiger partial charge is 0.481 e. The van der Waals surface area contributed by atoms with Crippen LogP contribution in [0.4, 0.5) is 38.1 Å². The van der Waals surface area contributed by atoms with Gasteiger partial charge in [0.25, 0.3) is 5.56 Å². The lowest BCUT2D eigenvalue weighted by Crippen LogP contribution is -2.65. The van der Waals surface area contributed by atoms with Gasteiger partial charge in [0.15, 0.2) is 0 Å². The van der Waals surface area contributed by atoms with Gasteiger partial charge in [-0.05, 0) is 80.7 Å². The molecule has 3 heterocycles. The van der Waals surface area contributed by atoms with Crippen molar-refractivity contribution in [2.24, 2.45) is 17.3 Å². The maximum absolute atomic E-state index is 14.4. The van der Waals surface area contributed by atoms with Gasteiger partial charge in [0, 0.05) is 19.4 Å². The summed E-state index contributed by atoms with van der Waals surface area (Å²) in [5, 5.41) is 10.9. The molecule has 8 rings (SSSR count). The highest BCUT2D eigenvalue weighted by Gasteiger charge is 2.68. The van der Waals surface area contributed by atoms with Gasteiger partial charge in [0.1, 0.15) is 17.6 Å². The van der Waals surface area contributed by atoms with Gasteiger partial charge in [-0.3, -0.25) is 14.2 Å². The number of amides is 3. The molecule has 1 saturated heterocycles. The van der Waals surface area contributed by atoms with Gasteiger partial charge < -0.3 is 35.3 Å². The van der Waals surface area contributed by atoms with E-state index in [1.807, 2.05) is 6.92 Å². The minimum absolute atomic E-state index is 0.0375. The number of nitrogens with one attached hydrogen (secondary N) is 4. The Bertz CT molecular complexity index is 2190. The fourth-order valence-electron chi connectivity index (χ4n) is 9.39. The van der Waals surface area contributed by atoms with Crippen molar-refractivity contribution in [2.75, 3.05) is 17.2 Å². The van der Waals surface area contributed by atoms with E-state index in [-0.39, 0.29) is 65.3 Å². The van der Waals surface area contributed by atoms with Gasteiger partial charge in [-0.15, -0.1) is 0 Å². The first kappa shape index (κ1) is 42.1. The molecule has 0 spiro atoms. The summed E-state index contributed by atoms with van der Waals surface area (Å²) < 4.78 is 87.5. The Balaban J connectivity index is 1.17. The molecule has 4 N–H and O–H groups in total. The Hall–Kier alpha value is -5.04. The van der Waals surface area contributed by atoms with Crippen molar-refractivity contribution < 1.29 is 50.4 Å². The molecule has 2 bridgehead atoms. The lowest BCUT2D eigenvalue weighted by molar-refractivity contribution is -0.199. The molecular weight excluding hydrogens is 782 g/mol. The molecule has 4 fully saturated rings. The first-order valence-electron chi connectivity index (χ1n) is 19.5. The number of para-hydroxylation sites is 1. The van der Waals surface area contributed by atoms with E-state index in [1.54, 1.807) is 19.1 Å². The standard InChI is InChI=1S/C40H46BF5N6O7/c1-6-57-34(55)24-12-7-8-13-25(24)49-36(56)51-38(4)18-27(52-33(54)26(20-48-35(38)52)47-19-21-10-9-11-22(14-21)40(44,45)46)32(53)50-30(17-31(42)43)41-58-29-16-23-15-28(37(23,2)3)39(29,5)59-41/h7-14,20,23,27-31,47H,6,15-19H2,1-5H3,(H,50,53)(H2,49,51,56)/t23-,27-,28-,29+,30-,38+,39-/m0/s1. The van der Waals surface area contributed by atoms with Crippen molar-refractivity contribution in [3.05, 3.63) is 87.6 Å². The van der Waals surface area contributed by atoms with E-state index in [0.29, 0.717) is 12.3 Å². The maximum Gasteiger partial charge on any atom is 0.481 e. The van der Waals surface area contributed by atoms with E-state index < -0.39 is 78.3 Å². The zero-order valence-corrected chi connectivity index (χ0v) is 33.1. The van der Waals surface area contributed by atoms with Crippen molar-refractivity contribution in [3.63, 3.8) is 0 Å². The predicted octanol–water partition coefficient (Wildman–Crippen LogP) is 6.44. The summed E-state index contributed by atoms with van der Waals surface area (Å²) in [4.78, 5) is 59.3. The lowest BCUT2D eigenvalue weighted by atomic mass is 9.43. The van der Waals surface area contributed by atoms with E-state index in [9.17, 15) is 41.1 Å². The van der Waals surface area contributed by atoms with Crippen LogP contribution in [0, 0.1) is 17.3 Å². The van der Waals surface area contributed by atoms with Crippen LogP contribution < -0.4 is 26.8 Å². The number of halogens is 5. The Labute approximate surface area is 337 Å². The van der Waals surface area contributed by atoms with Crippen LogP contribution in [0.5, 0.6) is 0 Å². The minimum Gasteiger partial charge on any atom is -0.462 e. The molecule has 7 atom stereocenters. The number of esters is 1. The van der Waals surface area contributed by atoms with Gasteiger partial charge in [-0.2, -0.15) is 13.2 Å². The molecule has 59 heavy (non-hydrogen) atoms. The van der Waals surface area contributed by atoms with Crippen LogP contribution in [0.1, 0.15) is 93.7 Å². The average Bonchev–Trinajstić information content (AvgIpc) is 3.68. The van der Waals surface area contributed by atoms with Crippen LogP contribution in [0.15, 0.2) is 59.5 Å². The number of rotatable bonds is 12. The second-order valence-corrected chi connectivity index (χ2v) is 16.7. The topological polar surface area (TPSA) is 162 Å². The van der Waals surface area contributed by atoms with Gasteiger partial charge in [0.05, 0.1) is 52.8 Å². The van der Waals surface area contributed by atoms with Crippen molar-refractivity contribution >= 4 is 36.4 Å². The molecular formula is C40H46BF5N6O7. The monoisotopic (exact) mass is 828 g/mol. The summed E-state index contributed by atoms with van der Waals surface area (Å²) >= 11 is 0. The average molecular weight is 829 g/mol. The number of benzene rings is 2. The number of alkyl halides is 5. The summed E-state index contributed by atoms with van der Waals surface area (Å²) in [6.45, 7) is 9.24. The molecule has 3 amide bonds. The molecule has 19 heteroatoms. The highest BCUT2D eigenvalue weighted by atomic mass is 19.4. The first-order chi connectivity index (χ1) is 27.7. The van der Waals surface area contributed by atoms with Crippen molar-refractivity contribution in [1.82, 2.24) is 20.2 Å². The van der Waals surface area contributed by atoms with Crippen molar-refractivity contribution in [1.29, 1.82) is 0 Å². The Morgan fingerprint density at radius 1 is 1.05 bits per heavy atom. The first-order valence-corrected chi connectivity index (χ1v) is 19.5. The molecule has 3 aliphatic carbocycles. The number of carbonyl (C=O) groups is 3. The quantitative estimate of drug-likeness (QED) is 0.0915. The van der Waals surface area contributed by atoms with Gasteiger partial charge in [0.2, 0.25) is 12.3 Å². The zero-order valence-electron chi connectivity index (χ0n) is 33.1. The van der Waals surface area contributed by atoms with E-state index in [0.717, 1.165) is 29.3 Å². The number of urea groups is 1. The zero-order chi connectivity index (χ0) is 42.7. The molecule has 3 aromatic rings. The fourth-order valence-corrected chi connectivity index (χ4v) is 9.39. The third kappa shape index (κ3) is 7.90. The molecule has 1 aromatic heterocycles. The number of nitrogens with zero attached hydrogens (tertiary/aromatic N) is 2. The van der Waals surface area contributed by atoms with Crippen molar-refractivity contribution in [3.8, 4) is 0 Å². The van der Waals surface area contributed by atoms with Gasteiger partial charge in [-0.25, -0.2) is 23.4 Å². The smallest absolute Gasteiger partial charge is 0.462 e. The fraction of sp³-hybridized carbons (Fsp3) is 0.525. The predicted molar refractivity (Wildman–Crippen MR) is 205 cm³/mol. The number of ether oxygens (including phenoxy) is 1. The molecule has 3 saturated carbocycles. The van der Waals surface area contributed by atoms with Crippen molar-refractivity contribution in [2.45, 2.75) is 109 Å². The molecule has 316 valence electrons. The number of carbonyl (C=O) groups excluding carboxylic acids is 3. The normalized spacial score (nSPS) is 26.9. The number of hydrogen-bond acceptors (Lipinski definition) is 9. The van der Waals surface area contributed by atoms with Gasteiger partial charge in [-0.1, -0.05) is 38.1 Å². The van der Waals surface area contributed by atoms with E-state index in [1.165, 1.54) is 31.2 Å². The Morgan fingerprint density at radius 2 is 1.80 bits per heavy atom. The molecule has 2 aromatic carbocycles. The third-order valence-electron chi connectivity index (χ3n) is 12.6. The van der Waals surface area contributed by atoms with E-state index in [2.05, 4.69) is 40.1 Å². The van der Waals surface area contributed by atoms with Crippen LogP contribution in [0.2, 0.25) is 0 Å². The summed E-state index contributed by atoms with van der Waals surface area (Å²) in [6.07, 6.45) is -6.20. The highest BCUT2D eigenvalue weighted by Crippen LogP contribution is 2.65. The molecule has 13 nitrogen and oxygen atoms in total. The number of anilines is 2. The highest BCUT2D eigenvalue weighted by molar-refractivity contribution is 6.48. The maximum atomic E-state index is 14.4. The SMILES string of the molecule is CCOC(=O)c1ccccc1NC(=O)N[C@]1(C)C[C@@H](C(=O)N[C@@H](CC(F)F)B2O[C@@H]3C[C@@H]4C[C@@H](C4(C)C)[C@]3(C)O2)n2c1ncc(NCc1cccc(C(F)(F)F)c1)c2=O. The van der Waals surface area contributed by atoms with Crippen LogP contribution in [0.3, 0.4) is 0 Å². The lowest BCUT2D eigenvalue weighted by Gasteiger charge is -2.64. The Morgan fingerprint density at radius 3 is 2.49 bits per heavy atom. The summed E-state index contributed by atoms with van der Waals surface area (Å²) in [7, 11) is -1.22. The second-order valence-electron chi connectivity index (χ2n) is 16.7. The van der Waals surface area contributed by atoms with Crippen LogP contribution in [0.25, 0.3) is 0 Å². The number of hydrogen-bond donors (Lipinski definition) is 4. The summed E-state index contributed by atoms with van der Waals surface area (Å²) in [5.74, 6) is -2.45. The van der Waals surface area contributed by atoms with E-state index >= 15 is 0 Å². The summed E-state index contributed by atoms with van der Waals surface area (Å²) in [5.41, 5.74) is -3.83.